The summed E-state index contributed by atoms with van der Waals surface area (Å²) < 4.78 is 6.69. The van der Waals surface area contributed by atoms with Crippen LogP contribution in [-0.2, 0) is 0 Å². The maximum absolute atomic E-state index is 9.49. The summed E-state index contributed by atoms with van der Waals surface area (Å²) >= 11 is 1.53. The van der Waals surface area contributed by atoms with Crippen molar-refractivity contribution in [2.24, 2.45) is 0 Å². The number of hydrogen-bond acceptors (Lipinski definition) is 4. The van der Waals surface area contributed by atoms with E-state index in [2.05, 4.69) is 11.1 Å². The Kier molecular flexibility index (Phi) is 4.17. The molecule has 0 aliphatic rings. The molecule has 108 valence electrons. The molecule has 1 heterocycles. The predicted octanol–water partition coefficient (Wildman–Crippen LogP) is 4.76. The van der Waals surface area contributed by atoms with Crippen molar-refractivity contribution in [2.45, 2.75) is 6.92 Å². The molecule has 0 aliphatic heterocycles. The summed E-state index contributed by atoms with van der Waals surface area (Å²) in [6.45, 7) is 2.53. The van der Waals surface area contributed by atoms with Crippen molar-refractivity contribution in [3.63, 3.8) is 0 Å². The third-order valence-electron chi connectivity index (χ3n) is 3.16. The number of benzene rings is 2. The Hall–Kier alpha value is -2.64. The summed E-state index contributed by atoms with van der Waals surface area (Å²) in [6, 6.07) is 17.8. The van der Waals surface area contributed by atoms with Crippen LogP contribution in [0.25, 0.3) is 21.9 Å². The van der Waals surface area contributed by atoms with Gasteiger partial charge in [0.2, 0.25) is 0 Å². The summed E-state index contributed by atoms with van der Waals surface area (Å²) in [4.78, 5) is 4.54. The smallest absolute Gasteiger partial charge is 0.135 e. The van der Waals surface area contributed by atoms with Crippen LogP contribution >= 0.6 is 11.3 Å². The van der Waals surface area contributed by atoms with Gasteiger partial charge in [-0.3, -0.25) is 0 Å². The first kappa shape index (κ1) is 14.3. The highest BCUT2D eigenvalue weighted by Gasteiger charge is 2.10. The number of para-hydroxylation sites is 2. The highest BCUT2D eigenvalue weighted by molar-refractivity contribution is 7.19. The van der Waals surface area contributed by atoms with Crippen molar-refractivity contribution in [2.75, 3.05) is 6.61 Å². The fourth-order valence-electron chi connectivity index (χ4n) is 2.17. The van der Waals surface area contributed by atoms with E-state index in [9.17, 15) is 5.26 Å². The molecule has 3 rings (SSSR count). The molecule has 0 spiro atoms. The number of aromatic nitrogens is 1. The van der Waals surface area contributed by atoms with E-state index in [1.807, 2.05) is 61.5 Å². The van der Waals surface area contributed by atoms with Gasteiger partial charge in [0, 0.05) is 5.56 Å². The number of fused-ring (bicyclic) bond motifs is 1. The molecule has 0 unspecified atom stereocenters. The zero-order valence-electron chi connectivity index (χ0n) is 12.1. The average Bonchev–Trinajstić information content (AvgIpc) is 2.98. The molecule has 4 heteroatoms. The van der Waals surface area contributed by atoms with Gasteiger partial charge in [-0.05, 0) is 31.2 Å². The van der Waals surface area contributed by atoms with E-state index < -0.39 is 0 Å². The molecule has 1 aromatic heterocycles. The molecule has 0 amide bonds. The van der Waals surface area contributed by atoms with E-state index in [0.717, 1.165) is 26.5 Å². The Labute approximate surface area is 133 Å². The van der Waals surface area contributed by atoms with Gasteiger partial charge in [0.1, 0.15) is 16.8 Å². The lowest BCUT2D eigenvalue weighted by Gasteiger charge is -2.06. The normalized spacial score (nSPS) is 11.4. The quantitative estimate of drug-likeness (QED) is 0.653. The van der Waals surface area contributed by atoms with Crippen molar-refractivity contribution in [3.05, 3.63) is 59.1 Å². The lowest BCUT2D eigenvalue weighted by molar-refractivity contribution is 0.339. The van der Waals surface area contributed by atoms with Gasteiger partial charge in [-0.2, -0.15) is 5.26 Å². The second-order valence-electron chi connectivity index (χ2n) is 4.63. The van der Waals surface area contributed by atoms with Crippen molar-refractivity contribution in [1.82, 2.24) is 4.98 Å². The molecule has 0 radical (unpaired) electrons. The monoisotopic (exact) mass is 306 g/mol. The molecular formula is C18H14N2OS. The number of allylic oxidation sites excluding steroid dienone is 1. The van der Waals surface area contributed by atoms with Crippen LogP contribution in [-0.4, -0.2) is 11.6 Å². The summed E-state index contributed by atoms with van der Waals surface area (Å²) in [5.41, 5.74) is 2.36. The Bertz CT molecular complexity index is 841. The van der Waals surface area contributed by atoms with E-state index in [0.29, 0.717) is 12.2 Å². The Morgan fingerprint density at radius 1 is 1.23 bits per heavy atom. The standard InChI is InChI=1S/C18H14N2OS/c1-2-21-16-9-5-3-7-13(16)11-14(12-19)18-20-15-8-4-6-10-17(15)22-18/h3-11H,2H2,1H3/b14-11+. The van der Waals surface area contributed by atoms with Crippen molar-refractivity contribution in [1.29, 1.82) is 5.26 Å². The molecule has 0 atom stereocenters. The first-order chi connectivity index (χ1) is 10.8. The van der Waals surface area contributed by atoms with Gasteiger partial charge < -0.3 is 4.74 Å². The number of thiazole rings is 1. The molecule has 0 aliphatic carbocycles. The zero-order chi connectivity index (χ0) is 15.4. The molecule has 2 aromatic carbocycles. The summed E-state index contributed by atoms with van der Waals surface area (Å²) in [5.74, 6) is 0.777. The largest absolute Gasteiger partial charge is 0.493 e. The molecule has 0 saturated heterocycles. The SMILES string of the molecule is CCOc1ccccc1/C=C(\C#N)c1nc2ccccc2s1. The Morgan fingerprint density at radius 2 is 2.00 bits per heavy atom. The van der Waals surface area contributed by atoms with Crippen LogP contribution in [0, 0.1) is 11.3 Å². The molecule has 3 aromatic rings. The highest BCUT2D eigenvalue weighted by atomic mass is 32.1. The maximum Gasteiger partial charge on any atom is 0.135 e. The average molecular weight is 306 g/mol. The zero-order valence-corrected chi connectivity index (χ0v) is 12.9. The predicted molar refractivity (Wildman–Crippen MR) is 90.7 cm³/mol. The minimum Gasteiger partial charge on any atom is -0.493 e. The van der Waals surface area contributed by atoms with Gasteiger partial charge in [-0.1, -0.05) is 30.3 Å². The van der Waals surface area contributed by atoms with Gasteiger partial charge >= 0.3 is 0 Å². The first-order valence-electron chi connectivity index (χ1n) is 7.01. The van der Waals surface area contributed by atoms with E-state index >= 15 is 0 Å². The van der Waals surface area contributed by atoms with Gasteiger partial charge in [0.15, 0.2) is 0 Å². The molecule has 0 N–H and O–H groups in total. The number of ether oxygens (including phenoxy) is 1. The molecule has 0 saturated carbocycles. The summed E-state index contributed by atoms with van der Waals surface area (Å²) in [5, 5.41) is 10.2. The maximum atomic E-state index is 9.49. The van der Waals surface area contributed by atoms with Crippen LogP contribution in [0.2, 0.25) is 0 Å². The van der Waals surface area contributed by atoms with Gasteiger partial charge in [-0.25, -0.2) is 4.98 Å². The van der Waals surface area contributed by atoms with Gasteiger partial charge in [-0.15, -0.1) is 11.3 Å². The second kappa shape index (κ2) is 6.42. The van der Waals surface area contributed by atoms with E-state index in [1.54, 1.807) is 0 Å². The van der Waals surface area contributed by atoms with E-state index in [4.69, 9.17) is 4.74 Å². The molecule has 22 heavy (non-hydrogen) atoms. The first-order valence-corrected chi connectivity index (χ1v) is 7.83. The Morgan fingerprint density at radius 3 is 2.77 bits per heavy atom. The molecule has 3 nitrogen and oxygen atoms in total. The third-order valence-corrected chi connectivity index (χ3v) is 4.23. The summed E-state index contributed by atoms with van der Waals surface area (Å²) in [7, 11) is 0. The van der Waals surface area contributed by atoms with Crippen LogP contribution in [0.5, 0.6) is 5.75 Å². The second-order valence-corrected chi connectivity index (χ2v) is 5.66. The number of nitrogens with zero attached hydrogens (tertiary/aromatic N) is 2. The van der Waals surface area contributed by atoms with Crippen molar-refractivity contribution in [3.8, 4) is 11.8 Å². The van der Waals surface area contributed by atoms with Crippen LogP contribution in [0.3, 0.4) is 0 Å². The van der Waals surface area contributed by atoms with Crippen molar-refractivity contribution < 1.29 is 4.74 Å². The topological polar surface area (TPSA) is 45.9 Å². The van der Waals surface area contributed by atoms with Crippen LogP contribution in [0.15, 0.2) is 48.5 Å². The fourth-order valence-corrected chi connectivity index (χ4v) is 3.10. The molecule has 0 fully saturated rings. The molecular weight excluding hydrogens is 292 g/mol. The lowest BCUT2D eigenvalue weighted by atomic mass is 10.1. The number of nitriles is 1. The highest BCUT2D eigenvalue weighted by Crippen LogP contribution is 2.29. The van der Waals surface area contributed by atoms with Crippen LogP contribution < -0.4 is 4.74 Å². The summed E-state index contributed by atoms with van der Waals surface area (Å²) in [6.07, 6.45) is 1.84. The Balaban J connectivity index is 2.06. The minimum absolute atomic E-state index is 0.549. The minimum atomic E-state index is 0.549. The number of hydrogen-bond donors (Lipinski definition) is 0. The van der Waals surface area contributed by atoms with Gasteiger partial charge in [0.25, 0.3) is 0 Å². The third kappa shape index (κ3) is 2.85. The fraction of sp³-hybridized carbons (Fsp3) is 0.111. The van der Waals surface area contributed by atoms with E-state index in [-0.39, 0.29) is 0 Å². The lowest BCUT2D eigenvalue weighted by Crippen LogP contribution is -1.93. The van der Waals surface area contributed by atoms with E-state index in [1.165, 1.54) is 11.3 Å². The number of rotatable bonds is 4. The van der Waals surface area contributed by atoms with Crippen LogP contribution in [0.1, 0.15) is 17.5 Å². The van der Waals surface area contributed by atoms with Crippen LogP contribution in [0.4, 0.5) is 0 Å². The van der Waals surface area contributed by atoms with Gasteiger partial charge in [0.05, 0.1) is 22.4 Å². The molecule has 0 bridgehead atoms. The van der Waals surface area contributed by atoms with Crippen molar-refractivity contribution >= 4 is 33.2 Å².